The number of benzene rings is 1. The molecule has 7 heteroatoms. The molecule has 1 aromatic rings. The first-order valence-corrected chi connectivity index (χ1v) is 11.1. The molecule has 2 fully saturated rings. The first kappa shape index (κ1) is 23.8. The second-order valence-electron chi connectivity index (χ2n) is 8.41. The summed E-state index contributed by atoms with van der Waals surface area (Å²) in [7, 11) is 1.56. The summed E-state index contributed by atoms with van der Waals surface area (Å²) in [6, 6.07) is 2.66. The van der Waals surface area contributed by atoms with Crippen LogP contribution in [0.4, 0.5) is 14.5 Å². The Labute approximate surface area is 188 Å². The number of carboxylic acid groups (broad SMARTS) is 1. The van der Waals surface area contributed by atoms with Gasteiger partial charge in [-0.1, -0.05) is 6.08 Å². The number of allylic oxidation sites excluding steroid dienone is 5. The number of anilines is 1. The Morgan fingerprint density at radius 2 is 1.81 bits per heavy atom. The van der Waals surface area contributed by atoms with Gasteiger partial charge in [-0.05, 0) is 80.4 Å². The van der Waals surface area contributed by atoms with E-state index in [9.17, 15) is 4.79 Å². The predicted octanol–water partition coefficient (Wildman–Crippen LogP) is 5.67. The van der Waals surface area contributed by atoms with E-state index in [-0.39, 0.29) is 24.1 Å². The van der Waals surface area contributed by atoms with Crippen LogP contribution >= 0.6 is 0 Å². The normalized spacial score (nSPS) is 18.7. The Kier molecular flexibility index (Phi) is 8.31. The number of carboxylic acids is 1. The number of methoxy groups -OCH3 is 1. The summed E-state index contributed by atoms with van der Waals surface area (Å²) in [4.78, 5) is 12.6. The molecule has 1 aromatic carbocycles. The maximum atomic E-state index is 15.0. The number of halogens is 2. The van der Waals surface area contributed by atoms with Crippen molar-refractivity contribution in [1.82, 2.24) is 0 Å². The molecule has 0 spiro atoms. The molecule has 1 aliphatic carbocycles. The Balaban J connectivity index is 1.80. The van der Waals surface area contributed by atoms with Crippen LogP contribution in [0.25, 0.3) is 5.57 Å². The molecule has 0 amide bonds. The van der Waals surface area contributed by atoms with Gasteiger partial charge in [-0.2, -0.15) is 0 Å². The Morgan fingerprint density at radius 1 is 1.16 bits per heavy atom. The van der Waals surface area contributed by atoms with Crippen molar-refractivity contribution >= 4 is 17.2 Å². The van der Waals surface area contributed by atoms with Gasteiger partial charge in [-0.15, -0.1) is 0 Å². The number of nitrogens with zero attached hydrogens (tertiary/aromatic N) is 1. The number of rotatable bonds is 9. The van der Waals surface area contributed by atoms with Gasteiger partial charge in [-0.3, -0.25) is 4.79 Å². The van der Waals surface area contributed by atoms with Crippen molar-refractivity contribution in [3.05, 3.63) is 59.6 Å². The lowest BCUT2D eigenvalue weighted by Crippen LogP contribution is -2.35. The van der Waals surface area contributed by atoms with Crippen molar-refractivity contribution in [2.75, 3.05) is 25.1 Å². The van der Waals surface area contributed by atoms with Gasteiger partial charge in [0.1, 0.15) is 17.3 Å². The quantitative estimate of drug-likeness (QED) is 0.390. The standard InChI is InChI=1S/C25H31F2NO4/c1-17(31-2)6-7-19(10-13-32-21-4-3-5-21)20-15-22(26)25(23(27)16-20)28-11-8-18(9-12-28)14-24(29)30/h6-7,10,13,15-16,18,21H,3-5,8-9,11-12,14H2,1-2H3,(H,29,30)/b13-10+,17-6+,19-7+. The number of hydrogen-bond acceptors (Lipinski definition) is 4. The average molecular weight is 448 g/mol. The third-order valence-corrected chi connectivity index (χ3v) is 6.13. The predicted molar refractivity (Wildman–Crippen MR) is 120 cm³/mol. The van der Waals surface area contributed by atoms with E-state index in [1.807, 2.05) is 0 Å². The number of ether oxygens (including phenoxy) is 2. The van der Waals surface area contributed by atoms with E-state index in [1.54, 1.807) is 43.4 Å². The SMILES string of the molecule is CO/C(C)=C/C=C(\C=C\OC1CCC1)c1cc(F)c(N2CCC(CC(=O)O)CC2)c(F)c1. The van der Waals surface area contributed by atoms with Crippen LogP contribution in [-0.4, -0.2) is 37.4 Å². The molecule has 5 nitrogen and oxygen atoms in total. The van der Waals surface area contributed by atoms with Gasteiger partial charge in [0.2, 0.25) is 0 Å². The molecule has 0 bridgehead atoms. The van der Waals surface area contributed by atoms with E-state index in [0.29, 0.717) is 42.8 Å². The summed E-state index contributed by atoms with van der Waals surface area (Å²) in [6.45, 7) is 2.65. The van der Waals surface area contributed by atoms with Crippen molar-refractivity contribution < 1.29 is 28.2 Å². The van der Waals surface area contributed by atoms with E-state index in [0.717, 1.165) is 19.3 Å². The minimum absolute atomic E-state index is 0.0419. The molecule has 3 rings (SSSR count). The Morgan fingerprint density at radius 3 is 2.34 bits per heavy atom. The van der Waals surface area contributed by atoms with E-state index >= 15 is 8.78 Å². The lowest BCUT2D eigenvalue weighted by molar-refractivity contribution is -0.138. The van der Waals surface area contributed by atoms with Crippen LogP contribution in [0.5, 0.6) is 0 Å². The average Bonchev–Trinajstić information content (AvgIpc) is 2.71. The zero-order chi connectivity index (χ0) is 23.1. The molecule has 0 unspecified atom stereocenters. The van der Waals surface area contributed by atoms with Gasteiger partial charge in [-0.25, -0.2) is 8.78 Å². The van der Waals surface area contributed by atoms with Gasteiger partial charge in [0.05, 0.1) is 25.2 Å². The monoisotopic (exact) mass is 447 g/mol. The summed E-state index contributed by atoms with van der Waals surface area (Å²) >= 11 is 0. The molecule has 1 N–H and O–H groups in total. The lowest BCUT2D eigenvalue weighted by atomic mass is 9.93. The largest absolute Gasteiger partial charge is 0.501 e. The highest BCUT2D eigenvalue weighted by molar-refractivity contribution is 5.76. The molecule has 1 aliphatic heterocycles. The molecular weight excluding hydrogens is 416 g/mol. The van der Waals surface area contributed by atoms with E-state index in [2.05, 4.69) is 0 Å². The van der Waals surface area contributed by atoms with E-state index < -0.39 is 17.6 Å². The second-order valence-corrected chi connectivity index (χ2v) is 8.41. The zero-order valence-corrected chi connectivity index (χ0v) is 18.7. The van der Waals surface area contributed by atoms with Gasteiger partial charge in [0.15, 0.2) is 0 Å². The first-order valence-electron chi connectivity index (χ1n) is 11.1. The van der Waals surface area contributed by atoms with Crippen LogP contribution < -0.4 is 4.90 Å². The van der Waals surface area contributed by atoms with Crippen LogP contribution in [0.2, 0.25) is 0 Å². The molecule has 1 heterocycles. The second kappa shape index (κ2) is 11.2. The molecule has 1 saturated carbocycles. The number of aliphatic carboxylic acids is 1. The smallest absolute Gasteiger partial charge is 0.303 e. The third kappa shape index (κ3) is 6.34. The van der Waals surface area contributed by atoms with Gasteiger partial charge < -0.3 is 19.5 Å². The van der Waals surface area contributed by atoms with Crippen molar-refractivity contribution in [2.45, 2.75) is 51.6 Å². The fraction of sp³-hybridized carbons (Fsp3) is 0.480. The van der Waals surface area contributed by atoms with Crippen molar-refractivity contribution in [1.29, 1.82) is 0 Å². The van der Waals surface area contributed by atoms with Crippen LogP contribution in [0.15, 0.2) is 42.4 Å². The molecule has 0 aromatic heterocycles. The molecule has 174 valence electrons. The van der Waals surface area contributed by atoms with Crippen LogP contribution in [-0.2, 0) is 14.3 Å². The molecular formula is C25H31F2NO4. The summed E-state index contributed by atoms with van der Waals surface area (Å²) in [5.41, 5.74) is 0.948. The Hall–Kier alpha value is -2.83. The summed E-state index contributed by atoms with van der Waals surface area (Å²) < 4.78 is 40.9. The molecule has 0 atom stereocenters. The molecule has 2 aliphatic rings. The fourth-order valence-corrected chi connectivity index (χ4v) is 3.90. The van der Waals surface area contributed by atoms with E-state index in [4.69, 9.17) is 14.6 Å². The molecule has 32 heavy (non-hydrogen) atoms. The Bertz CT molecular complexity index is 874. The third-order valence-electron chi connectivity index (χ3n) is 6.13. The molecule has 1 saturated heterocycles. The number of hydrogen-bond donors (Lipinski definition) is 1. The first-order chi connectivity index (χ1) is 15.4. The van der Waals surface area contributed by atoms with Crippen molar-refractivity contribution in [2.24, 2.45) is 5.92 Å². The summed E-state index contributed by atoms with van der Waals surface area (Å²) in [5, 5.41) is 8.96. The summed E-state index contributed by atoms with van der Waals surface area (Å²) in [5.74, 6) is -1.40. The van der Waals surface area contributed by atoms with E-state index in [1.165, 1.54) is 12.1 Å². The maximum Gasteiger partial charge on any atom is 0.303 e. The maximum absolute atomic E-state index is 15.0. The van der Waals surface area contributed by atoms with Crippen molar-refractivity contribution in [3.63, 3.8) is 0 Å². The molecule has 0 radical (unpaired) electrons. The lowest BCUT2D eigenvalue weighted by Gasteiger charge is -2.33. The topological polar surface area (TPSA) is 59.0 Å². The van der Waals surface area contributed by atoms with Gasteiger partial charge >= 0.3 is 5.97 Å². The highest BCUT2D eigenvalue weighted by Crippen LogP contribution is 2.32. The number of piperidine rings is 1. The fourth-order valence-electron chi connectivity index (χ4n) is 3.90. The number of carbonyl (C=O) groups is 1. The minimum Gasteiger partial charge on any atom is -0.501 e. The zero-order valence-electron chi connectivity index (χ0n) is 18.7. The van der Waals surface area contributed by atoms with Crippen LogP contribution in [0.3, 0.4) is 0 Å². The van der Waals surface area contributed by atoms with Gasteiger partial charge in [0.25, 0.3) is 0 Å². The minimum atomic E-state index is -0.836. The van der Waals surface area contributed by atoms with Crippen LogP contribution in [0.1, 0.15) is 51.0 Å². The van der Waals surface area contributed by atoms with Crippen LogP contribution in [0, 0.1) is 17.6 Å². The highest BCUT2D eigenvalue weighted by atomic mass is 19.1. The van der Waals surface area contributed by atoms with Gasteiger partial charge in [0, 0.05) is 19.5 Å². The van der Waals surface area contributed by atoms with Crippen molar-refractivity contribution in [3.8, 4) is 0 Å². The summed E-state index contributed by atoms with van der Waals surface area (Å²) in [6.07, 6.45) is 11.5. The highest BCUT2D eigenvalue weighted by Gasteiger charge is 2.25.